The molecule has 0 aliphatic rings. The van der Waals surface area contributed by atoms with Crippen LogP contribution in [-0.4, -0.2) is 0 Å². The van der Waals surface area contributed by atoms with Crippen molar-refractivity contribution in [2.45, 2.75) is 0 Å². The van der Waals surface area contributed by atoms with E-state index in [1.165, 1.54) is 103 Å². The molecule has 0 bridgehead atoms. The minimum atomic E-state index is 1.08. The third-order valence-corrected chi connectivity index (χ3v) is 14.8. The van der Waals surface area contributed by atoms with Gasteiger partial charge >= 0.3 is 0 Å². The van der Waals surface area contributed by atoms with E-state index in [0.717, 1.165) is 22.6 Å². The Balaban J connectivity index is 1.01. The lowest BCUT2D eigenvalue weighted by molar-refractivity contribution is 1.28. The lowest BCUT2D eigenvalue weighted by Crippen LogP contribution is -2.10. The zero-order valence-electron chi connectivity index (χ0n) is 37.2. The Hall–Kier alpha value is -8.56. The molecule has 0 amide bonds. The van der Waals surface area contributed by atoms with Crippen molar-refractivity contribution in [3.63, 3.8) is 0 Å². The van der Waals surface area contributed by atoms with Gasteiger partial charge in [-0.3, -0.25) is 0 Å². The van der Waals surface area contributed by atoms with Crippen LogP contribution in [0, 0.1) is 0 Å². The highest BCUT2D eigenvalue weighted by molar-refractivity contribution is 7.26. The van der Waals surface area contributed by atoms with Crippen LogP contribution >= 0.6 is 11.3 Å². The molecule has 318 valence electrons. The summed E-state index contributed by atoms with van der Waals surface area (Å²) in [7, 11) is 0. The number of hydrogen-bond donors (Lipinski definition) is 0. The molecule has 0 N–H and O–H groups in total. The average molecular weight is 882 g/mol. The van der Waals surface area contributed by atoms with Crippen LogP contribution in [0.15, 0.2) is 261 Å². The number of hydrogen-bond acceptors (Lipinski definition) is 2. The fraction of sp³-hybridized carbons (Fsp3) is 0. The Kier molecular flexibility index (Phi) is 9.77. The lowest BCUT2D eigenvalue weighted by atomic mass is 9.84. The van der Waals surface area contributed by atoms with Crippen LogP contribution in [0.3, 0.4) is 0 Å². The molecule has 0 atom stereocenters. The van der Waals surface area contributed by atoms with Crippen molar-refractivity contribution in [1.29, 1.82) is 0 Å². The maximum Gasteiger partial charge on any atom is 0.0467 e. The second-order valence-electron chi connectivity index (χ2n) is 17.6. The van der Waals surface area contributed by atoms with E-state index in [0.29, 0.717) is 0 Å². The molecule has 12 aromatic carbocycles. The van der Waals surface area contributed by atoms with Crippen LogP contribution in [0.25, 0.3) is 108 Å². The predicted molar refractivity (Wildman–Crippen MR) is 294 cm³/mol. The van der Waals surface area contributed by atoms with Gasteiger partial charge in [-0.15, -0.1) is 11.3 Å². The molecule has 1 aromatic heterocycles. The largest absolute Gasteiger partial charge is 0.310 e. The van der Waals surface area contributed by atoms with Crippen molar-refractivity contribution in [2.24, 2.45) is 0 Å². The first-order chi connectivity index (χ1) is 33.7. The van der Waals surface area contributed by atoms with Gasteiger partial charge in [-0.25, -0.2) is 0 Å². The molecule has 0 spiro atoms. The smallest absolute Gasteiger partial charge is 0.0467 e. The number of rotatable bonds is 8. The predicted octanol–water partition coefficient (Wildman–Crippen LogP) is 19.3. The van der Waals surface area contributed by atoms with Crippen molar-refractivity contribution in [2.75, 3.05) is 4.90 Å². The van der Waals surface area contributed by atoms with Crippen LogP contribution in [0.2, 0.25) is 0 Å². The molecule has 0 radical (unpaired) electrons. The number of thiophene rings is 1. The van der Waals surface area contributed by atoms with Crippen LogP contribution < -0.4 is 4.90 Å². The third-order valence-electron chi connectivity index (χ3n) is 13.6. The zero-order valence-corrected chi connectivity index (χ0v) is 38.0. The lowest BCUT2D eigenvalue weighted by Gasteiger charge is -2.27. The normalized spacial score (nSPS) is 11.5. The number of anilines is 3. The van der Waals surface area contributed by atoms with E-state index in [9.17, 15) is 0 Å². The van der Waals surface area contributed by atoms with Gasteiger partial charge in [0.15, 0.2) is 0 Å². The van der Waals surface area contributed by atoms with E-state index >= 15 is 0 Å². The zero-order chi connectivity index (χ0) is 45.0. The maximum absolute atomic E-state index is 2.43. The van der Waals surface area contributed by atoms with Gasteiger partial charge in [0.2, 0.25) is 0 Å². The standard InChI is InChI=1S/C66H43NS/c1-3-19-45(20-4-1)64-60-33-10-9-31-57(60)58-39-38-48(43-62(58)65(64)46-21-5-2-6-22-46)47-24-13-27-51(40-47)67(52-28-14-25-49(41-52)55-34-16-23-44-18-7-8-30-54(44)55)53-29-15-26-50(42-53)56-35-17-36-61-59-32-11-12-37-63(59)68-66(56)61/h1-43H. The molecule has 0 aliphatic heterocycles. The van der Waals surface area contributed by atoms with E-state index in [4.69, 9.17) is 0 Å². The highest BCUT2D eigenvalue weighted by Gasteiger charge is 2.20. The van der Waals surface area contributed by atoms with Gasteiger partial charge in [-0.1, -0.05) is 212 Å². The number of fused-ring (bicyclic) bond motifs is 7. The monoisotopic (exact) mass is 881 g/mol. The Morgan fingerprint density at radius 3 is 1.43 bits per heavy atom. The molecular formula is C66H43NS. The molecular weight excluding hydrogens is 839 g/mol. The van der Waals surface area contributed by atoms with Crippen molar-refractivity contribution >= 4 is 80.9 Å². The van der Waals surface area contributed by atoms with Crippen molar-refractivity contribution in [3.05, 3.63) is 261 Å². The fourth-order valence-corrected chi connectivity index (χ4v) is 11.8. The van der Waals surface area contributed by atoms with Gasteiger partial charge in [-0.05, 0) is 136 Å². The Morgan fingerprint density at radius 1 is 0.250 bits per heavy atom. The summed E-state index contributed by atoms with van der Waals surface area (Å²) in [6, 6.07) is 95.8. The Bertz CT molecular complexity index is 4030. The van der Waals surface area contributed by atoms with Gasteiger partial charge in [0.05, 0.1) is 0 Å². The molecule has 1 nitrogen and oxygen atoms in total. The van der Waals surface area contributed by atoms with Gasteiger partial charge in [-0.2, -0.15) is 0 Å². The topological polar surface area (TPSA) is 3.24 Å². The van der Waals surface area contributed by atoms with E-state index in [2.05, 4.69) is 266 Å². The molecule has 68 heavy (non-hydrogen) atoms. The van der Waals surface area contributed by atoms with Gasteiger partial charge in [0.1, 0.15) is 0 Å². The number of benzene rings is 12. The SMILES string of the molecule is c1ccc(-c2c(-c3ccccc3)c3cc(-c4cccc(N(c5cccc(-c6cccc7ccccc67)c5)c5cccc(-c6cccc7c6sc6ccccc67)c5)c4)ccc3c3ccccc23)cc1. The van der Waals surface area contributed by atoms with E-state index in [-0.39, 0.29) is 0 Å². The summed E-state index contributed by atoms with van der Waals surface area (Å²) in [4.78, 5) is 2.43. The van der Waals surface area contributed by atoms with Crippen LogP contribution in [-0.2, 0) is 0 Å². The first-order valence-corrected chi connectivity index (χ1v) is 24.1. The fourth-order valence-electron chi connectivity index (χ4n) is 10.5. The Labute approximate surface area is 400 Å². The van der Waals surface area contributed by atoms with Crippen molar-refractivity contribution in [1.82, 2.24) is 0 Å². The molecule has 0 unspecified atom stereocenters. The molecule has 2 heteroatoms. The third kappa shape index (κ3) is 6.85. The molecule has 0 saturated carbocycles. The first-order valence-electron chi connectivity index (χ1n) is 23.3. The molecule has 13 aromatic rings. The summed E-state index contributed by atoms with van der Waals surface area (Å²) >= 11 is 1.88. The molecule has 0 fully saturated rings. The maximum atomic E-state index is 2.43. The molecule has 1 heterocycles. The summed E-state index contributed by atoms with van der Waals surface area (Å²) in [5, 5.41) is 10.1. The summed E-state index contributed by atoms with van der Waals surface area (Å²) < 4.78 is 2.62. The average Bonchev–Trinajstić information content (AvgIpc) is 3.80. The summed E-state index contributed by atoms with van der Waals surface area (Å²) in [6.07, 6.45) is 0. The van der Waals surface area contributed by atoms with Crippen LogP contribution in [0.5, 0.6) is 0 Å². The second-order valence-corrected chi connectivity index (χ2v) is 18.6. The second kappa shape index (κ2) is 16.7. The molecule has 0 aliphatic carbocycles. The van der Waals surface area contributed by atoms with Gasteiger partial charge < -0.3 is 4.90 Å². The van der Waals surface area contributed by atoms with E-state index in [1.807, 2.05) is 11.3 Å². The minimum absolute atomic E-state index is 1.08. The highest BCUT2D eigenvalue weighted by atomic mass is 32.1. The quantitative estimate of drug-likeness (QED) is 0.137. The van der Waals surface area contributed by atoms with Gasteiger partial charge in [0, 0.05) is 37.2 Å². The molecule has 0 saturated heterocycles. The summed E-state index contributed by atoms with van der Waals surface area (Å²) in [6.45, 7) is 0. The first kappa shape index (κ1) is 39.8. The van der Waals surface area contributed by atoms with Crippen molar-refractivity contribution < 1.29 is 0 Å². The minimum Gasteiger partial charge on any atom is -0.310 e. The van der Waals surface area contributed by atoms with E-state index < -0.39 is 0 Å². The number of nitrogens with zero attached hydrogens (tertiary/aromatic N) is 1. The summed E-state index contributed by atoms with van der Waals surface area (Å²) in [5.41, 5.74) is 15.3. The van der Waals surface area contributed by atoms with E-state index in [1.54, 1.807) is 0 Å². The van der Waals surface area contributed by atoms with Crippen LogP contribution in [0.1, 0.15) is 0 Å². The van der Waals surface area contributed by atoms with Gasteiger partial charge in [0.25, 0.3) is 0 Å². The molecule has 13 rings (SSSR count). The van der Waals surface area contributed by atoms with Crippen LogP contribution in [0.4, 0.5) is 17.1 Å². The summed E-state index contributed by atoms with van der Waals surface area (Å²) in [5.74, 6) is 0. The Morgan fingerprint density at radius 2 is 0.706 bits per heavy atom. The van der Waals surface area contributed by atoms with Crippen molar-refractivity contribution in [3.8, 4) is 55.6 Å². The highest BCUT2D eigenvalue weighted by Crippen LogP contribution is 2.47.